The monoisotopic (exact) mass is 639 g/mol. The summed E-state index contributed by atoms with van der Waals surface area (Å²) in [6.45, 7) is 9.91. The molecule has 0 unspecified atom stereocenters. The lowest BCUT2D eigenvalue weighted by Crippen LogP contribution is -2.30. The first-order valence-electron chi connectivity index (χ1n) is 14.4. The normalized spacial score (nSPS) is 15.1. The number of allylic oxidation sites excluding steroid dienone is 4. The van der Waals surface area contributed by atoms with Crippen LogP contribution in [-0.2, 0) is 31.0 Å². The quantitative estimate of drug-likeness (QED) is 0.200. The van der Waals surface area contributed by atoms with E-state index in [1.165, 1.54) is 18.2 Å². The highest BCUT2D eigenvalue weighted by molar-refractivity contribution is 7.85. The Kier molecular flexibility index (Phi) is 11.3. The number of carboxylic acids is 2. The molecule has 0 saturated carbocycles. The van der Waals surface area contributed by atoms with Crippen LogP contribution in [0.25, 0.3) is 5.57 Å². The van der Waals surface area contributed by atoms with Gasteiger partial charge in [-0.15, -0.1) is 0 Å². The van der Waals surface area contributed by atoms with Crippen LogP contribution in [0.4, 0.5) is 0 Å². The molecule has 0 heterocycles. The lowest BCUT2D eigenvalue weighted by Gasteiger charge is -2.28. The molecule has 0 saturated heterocycles. The number of carboxylic acid groups (broad SMARTS) is 2. The van der Waals surface area contributed by atoms with Crippen LogP contribution in [0.1, 0.15) is 68.4 Å². The largest absolute Gasteiger partial charge is 0.744 e. The average molecular weight is 640 g/mol. The minimum Gasteiger partial charge on any atom is -0.744 e. The van der Waals surface area contributed by atoms with Gasteiger partial charge < -0.3 is 30.5 Å². The summed E-state index contributed by atoms with van der Waals surface area (Å²) < 4.78 is 37.8. The van der Waals surface area contributed by atoms with E-state index in [0.717, 1.165) is 0 Å². The van der Waals surface area contributed by atoms with Gasteiger partial charge in [-0.05, 0) is 77.3 Å². The maximum atomic E-state index is 13.6. The van der Waals surface area contributed by atoms with Gasteiger partial charge in [-0.3, -0.25) is 14.4 Å². The highest BCUT2D eigenvalue weighted by Gasteiger charge is 2.30. The number of rotatable bonds is 13. The van der Waals surface area contributed by atoms with Crippen molar-refractivity contribution >= 4 is 33.4 Å². The topological polar surface area (TPSA) is 193 Å². The molecule has 0 amide bonds. The van der Waals surface area contributed by atoms with Crippen LogP contribution in [0.2, 0.25) is 0 Å². The maximum absolute atomic E-state index is 13.6. The van der Waals surface area contributed by atoms with E-state index >= 15 is 0 Å². The zero-order valence-corrected chi connectivity index (χ0v) is 27.0. The number of aromatic hydroxyl groups is 1. The van der Waals surface area contributed by atoms with E-state index < -0.39 is 33.5 Å². The highest BCUT2D eigenvalue weighted by atomic mass is 32.2. The minimum absolute atomic E-state index is 0.0214. The van der Waals surface area contributed by atoms with Gasteiger partial charge in [0.15, 0.2) is 5.78 Å². The zero-order valence-electron chi connectivity index (χ0n) is 26.1. The second-order valence-corrected chi connectivity index (χ2v) is 12.9. The van der Waals surface area contributed by atoms with Crippen LogP contribution in [0, 0.1) is 12.8 Å². The smallest absolute Gasteiger partial charge is 0.317 e. The first-order valence-corrected chi connectivity index (χ1v) is 15.8. The van der Waals surface area contributed by atoms with Gasteiger partial charge >= 0.3 is 11.9 Å². The molecule has 242 valence electrons. The van der Waals surface area contributed by atoms with E-state index in [4.69, 9.17) is 0 Å². The Morgan fingerprint density at radius 2 is 1.49 bits per heavy atom. The Balaban J connectivity index is 2.57. The van der Waals surface area contributed by atoms with Crippen LogP contribution in [0.15, 0.2) is 63.6 Å². The number of phenols is 1. The number of aliphatic carboxylic acids is 2. The van der Waals surface area contributed by atoms with Crippen molar-refractivity contribution in [1.82, 2.24) is 10.6 Å². The number of hydrogen-bond donors (Lipinski definition) is 5. The molecule has 0 bridgehead atoms. The third-order valence-electron chi connectivity index (χ3n) is 7.77. The molecule has 0 aromatic heterocycles. The molecule has 0 spiro atoms. The Morgan fingerprint density at radius 1 is 0.911 bits per heavy atom. The highest BCUT2D eigenvalue weighted by Crippen LogP contribution is 2.44. The van der Waals surface area contributed by atoms with Gasteiger partial charge in [-0.2, -0.15) is 0 Å². The Bertz CT molecular complexity index is 1730. The molecule has 0 aliphatic heterocycles. The summed E-state index contributed by atoms with van der Waals surface area (Å²) in [5.74, 6) is -2.99. The lowest BCUT2D eigenvalue weighted by atomic mass is 9.77. The Labute approximate surface area is 263 Å². The number of benzene rings is 2. The fraction of sp³-hybridized carbons (Fsp3) is 0.364. The SMILES string of the molecule is CC1=C(CNCC(=O)O)C(=O)C(C(C)C)=C/C1=C(/c1ccccc1S(=O)(=O)[O-])c1cc(C(C)C)c(O)c(CNCC(=O)O)c1C. The second-order valence-electron chi connectivity index (χ2n) is 11.5. The summed E-state index contributed by atoms with van der Waals surface area (Å²) in [5, 5.41) is 35.2. The van der Waals surface area contributed by atoms with E-state index in [2.05, 4.69) is 10.6 Å². The lowest BCUT2D eigenvalue weighted by molar-refractivity contribution is -0.137. The van der Waals surface area contributed by atoms with Gasteiger partial charge in [0.2, 0.25) is 0 Å². The van der Waals surface area contributed by atoms with Crippen molar-refractivity contribution in [2.75, 3.05) is 19.6 Å². The van der Waals surface area contributed by atoms with Crippen molar-refractivity contribution in [3.63, 3.8) is 0 Å². The minimum atomic E-state index is -4.99. The predicted octanol–water partition coefficient (Wildman–Crippen LogP) is 3.86. The van der Waals surface area contributed by atoms with Crippen molar-refractivity contribution in [3.05, 3.63) is 86.5 Å². The molecule has 2 aromatic rings. The summed E-state index contributed by atoms with van der Waals surface area (Å²) in [4.78, 5) is 35.6. The molecule has 0 radical (unpaired) electrons. The van der Waals surface area contributed by atoms with Crippen LogP contribution >= 0.6 is 0 Å². The maximum Gasteiger partial charge on any atom is 0.317 e. The van der Waals surface area contributed by atoms with E-state index in [0.29, 0.717) is 50.1 Å². The van der Waals surface area contributed by atoms with Crippen LogP contribution in [0.5, 0.6) is 5.75 Å². The van der Waals surface area contributed by atoms with Gasteiger partial charge in [-0.25, -0.2) is 8.42 Å². The number of phenolic OH excluding ortho intramolecular Hbond substituents is 1. The fourth-order valence-corrected chi connectivity index (χ4v) is 6.10. The van der Waals surface area contributed by atoms with Crippen molar-refractivity contribution in [2.24, 2.45) is 5.92 Å². The van der Waals surface area contributed by atoms with Crippen molar-refractivity contribution < 1.29 is 42.7 Å². The first kappa shape index (κ1) is 35.4. The second kappa shape index (κ2) is 14.3. The molecule has 2 aromatic carbocycles. The third kappa shape index (κ3) is 7.95. The molecule has 1 aliphatic carbocycles. The summed E-state index contributed by atoms with van der Waals surface area (Å²) in [7, 11) is -4.99. The van der Waals surface area contributed by atoms with Gasteiger partial charge in [0.05, 0.1) is 18.0 Å². The summed E-state index contributed by atoms with van der Waals surface area (Å²) in [6, 6.07) is 7.47. The summed E-state index contributed by atoms with van der Waals surface area (Å²) in [5.41, 5.74) is 3.90. The van der Waals surface area contributed by atoms with E-state index in [-0.39, 0.29) is 48.6 Å². The molecule has 3 rings (SSSR count). The molecule has 11 nitrogen and oxygen atoms in total. The molecule has 0 fully saturated rings. The van der Waals surface area contributed by atoms with Crippen molar-refractivity contribution in [3.8, 4) is 5.75 Å². The Morgan fingerprint density at radius 3 is 2.02 bits per heavy atom. The molecular formula is C33H39N2O9S-. The predicted molar refractivity (Wildman–Crippen MR) is 168 cm³/mol. The number of carbonyl (C=O) groups excluding carboxylic acids is 1. The van der Waals surface area contributed by atoms with Crippen molar-refractivity contribution in [2.45, 2.75) is 58.9 Å². The molecule has 5 N–H and O–H groups in total. The molecule has 1 aliphatic rings. The van der Waals surface area contributed by atoms with E-state index in [9.17, 15) is 42.7 Å². The Hall–Kier alpha value is -4.10. The zero-order chi connectivity index (χ0) is 33.8. The summed E-state index contributed by atoms with van der Waals surface area (Å²) in [6.07, 6.45) is 1.68. The summed E-state index contributed by atoms with van der Waals surface area (Å²) >= 11 is 0. The molecule has 45 heavy (non-hydrogen) atoms. The standard InChI is InChI=1S/C33H40N2O9S/c1-17(2)22-11-24(19(5)26(32(22)40)13-34-15-29(36)37)31(21-9-7-8-10-28(21)45(42,43)44)25-12-23(18(3)4)33(41)27(20(25)6)14-35-16-30(38)39/h7-12,17-18,34-35,40H,13-16H2,1-6H3,(H,36,37)(H,38,39)(H,42,43,44)/p-1/b31-25+. The van der Waals surface area contributed by atoms with Gasteiger partial charge in [0.1, 0.15) is 15.9 Å². The molecule has 0 atom stereocenters. The number of Topliss-reactive ketones (excluding diaryl/α,β-unsaturated/α-hetero) is 1. The number of carbonyl (C=O) groups is 3. The average Bonchev–Trinajstić information content (AvgIpc) is 2.93. The molecule has 12 heteroatoms. The number of nitrogens with one attached hydrogen (secondary N) is 2. The van der Waals surface area contributed by atoms with E-state index in [1.807, 2.05) is 27.7 Å². The van der Waals surface area contributed by atoms with Crippen LogP contribution in [0.3, 0.4) is 0 Å². The molecular weight excluding hydrogens is 600 g/mol. The first-order chi connectivity index (χ1) is 21.0. The van der Waals surface area contributed by atoms with Gasteiger partial charge in [0, 0.05) is 35.4 Å². The fourth-order valence-electron chi connectivity index (χ4n) is 5.42. The number of hydrogen-bond acceptors (Lipinski definition) is 9. The van der Waals surface area contributed by atoms with Crippen LogP contribution in [-0.4, -0.2) is 65.6 Å². The number of ketones is 1. The van der Waals surface area contributed by atoms with Gasteiger partial charge in [0.25, 0.3) is 0 Å². The van der Waals surface area contributed by atoms with Gasteiger partial charge in [-0.1, -0.05) is 45.9 Å². The van der Waals surface area contributed by atoms with Crippen molar-refractivity contribution in [1.29, 1.82) is 0 Å². The van der Waals surface area contributed by atoms with Crippen LogP contribution < -0.4 is 10.6 Å². The van der Waals surface area contributed by atoms with E-state index in [1.54, 1.807) is 32.1 Å². The third-order valence-corrected chi connectivity index (χ3v) is 8.67.